The van der Waals surface area contributed by atoms with E-state index in [-0.39, 0.29) is 0 Å². The molecule has 1 saturated carbocycles. The van der Waals surface area contributed by atoms with Crippen molar-refractivity contribution in [1.82, 2.24) is 14.9 Å². The van der Waals surface area contributed by atoms with Gasteiger partial charge < -0.3 is 9.88 Å². The van der Waals surface area contributed by atoms with Gasteiger partial charge in [-0.15, -0.1) is 0 Å². The molecule has 0 radical (unpaired) electrons. The second-order valence-corrected chi connectivity index (χ2v) is 5.26. The average Bonchev–Trinajstić information content (AvgIpc) is 2.63. The molecule has 16 heavy (non-hydrogen) atoms. The van der Waals surface area contributed by atoms with Gasteiger partial charge in [-0.05, 0) is 26.2 Å². The molecule has 0 amide bonds. The molecule has 2 unspecified atom stereocenters. The first-order chi connectivity index (χ1) is 7.74. The summed E-state index contributed by atoms with van der Waals surface area (Å²) in [5.74, 6) is 0.989. The molecule has 2 atom stereocenters. The summed E-state index contributed by atoms with van der Waals surface area (Å²) in [6.07, 6.45) is 11.4. The minimum Gasteiger partial charge on any atom is -0.336 e. The van der Waals surface area contributed by atoms with Crippen LogP contribution < -0.4 is 5.32 Å². The van der Waals surface area contributed by atoms with E-state index in [0.29, 0.717) is 12.1 Å². The topological polar surface area (TPSA) is 29.9 Å². The molecule has 0 aromatic carbocycles. The lowest BCUT2D eigenvalue weighted by Crippen LogP contribution is -2.38. The van der Waals surface area contributed by atoms with Crippen molar-refractivity contribution in [3.63, 3.8) is 0 Å². The highest BCUT2D eigenvalue weighted by molar-refractivity contribution is 4.79. The summed E-state index contributed by atoms with van der Waals surface area (Å²) in [5, 5.41) is 3.67. The molecule has 1 aliphatic carbocycles. The largest absolute Gasteiger partial charge is 0.336 e. The Labute approximate surface area is 98.3 Å². The summed E-state index contributed by atoms with van der Waals surface area (Å²) in [4.78, 5) is 4.06. The summed E-state index contributed by atoms with van der Waals surface area (Å²) < 4.78 is 2.13. The molecule has 1 N–H and O–H groups in total. The van der Waals surface area contributed by atoms with Crippen LogP contribution in [0.3, 0.4) is 0 Å². The predicted octanol–water partition coefficient (Wildman–Crippen LogP) is 2.44. The first kappa shape index (κ1) is 11.6. The average molecular weight is 221 g/mol. The molecule has 1 fully saturated rings. The van der Waals surface area contributed by atoms with Crippen molar-refractivity contribution in [3.8, 4) is 0 Å². The van der Waals surface area contributed by atoms with Gasteiger partial charge in [0.2, 0.25) is 0 Å². The second kappa shape index (κ2) is 5.48. The minimum atomic E-state index is 0.518. The van der Waals surface area contributed by atoms with E-state index in [1.807, 2.05) is 18.7 Å². The third-order valence-corrected chi connectivity index (χ3v) is 3.52. The SMILES string of the molecule is CC(CC1CCC1)NC(C)Cn1ccnc1. The van der Waals surface area contributed by atoms with Crippen LogP contribution in [-0.4, -0.2) is 21.6 Å². The van der Waals surface area contributed by atoms with E-state index >= 15 is 0 Å². The molecule has 1 aromatic rings. The van der Waals surface area contributed by atoms with Crippen LogP contribution in [0.4, 0.5) is 0 Å². The van der Waals surface area contributed by atoms with Crippen LogP contribution in [0.15, 0.2) is 18.7 Å². The van der Waals surface area contributed by atoms with Crippen molar-refractivity contribution >= 4 is 0 Å². The van der Waals surface area contributed by atoms with Crippen LogP contribution >= 0.6 is 0 Å². The monoisotopic (exact) mass is 221 g/mol. The van der Waals surface area contributed by atoms with Crippen molar-refractivity contribution in [2.24, 2.45) is 5.92 Å². The zero-order chi connectivity index (χ0) is 11.4. The van der Waals surface area contributed by atoms with Crippen molar-refractivity contribution in [2.45, 2.75) is 58.2 Å². The molecular weight excluding hydrogens is 198 g/mol. The molecule has 0 bridgehead atoms. The number of nitrogens with one attached hydrogen (secondary N) is 1. The molecule has 0 aliphatic heterocycles. The lowest BCUT2D eigenvalue weighted by molar-refractivity contribution is 0.256. The van der Waals surface area contributed by atoms with Crippen LogP contribution in [0.25, 0.3) is 0 Å². The summed E-state index contributed by atoms with van der Waals surface area (Å²) in [7, 11) is 0. The second-order valence-electron chi connectivity index (χ2n) is 5.26. The number of rotatable bonds is 6. The van der Waals surface area contributed by atoms with E-state index in [9.17, 15) is 0 Å². The Balaban J connectivity index is 1.67. The van der Waals surface area contributed by atoms with E-state index in [0.717, 1.165) is 12.5 Å². The fraction of sp³-hybridized carbons (Fsp3) is 0.769. The van der Waals surface area contributed by atoms with Crippen LogP contribution in [0.2, 0.25) is 0 Å². The van der Waals surface area contributed by atoms with Gasteiger partial charge in [0.1, 0.15) is 0 Å². The van der Waals surface area contributed by atoms with Gasteiger partial charge in [0.05, 0.1) is 6.33 Å². The van der Waals surface area contributed by atoms with Crippen LogP contribution in [-0.2, 0) is 6.54 Å². The van der Waals surface area contributed by atoms with Gasteiger partial charge in [-0.3, -0.25) is 0 Å². The predicted molar refractivity (Wildman–Crippen MR) is 66.2 cm³/mol. The Bertz CT molecular complexity index is 290. The Morgan fingerprint density at radius 3 is 2.75 bits per heavy atom. The van der Waals surface area contributed by atoms with Crippen LogP contribution in [0.1, 0.15) is 39.5 Å². The first-order valence-corrected chi connectivity index (χ1v) is 6.46. The normalized spacial score (nSPS) is 20.4. The Kier molecular flexibility index (Phi) is 3.99. The molecule has 3 heteroatoms. The highest BCUT2D eigenvalue weighted by Gasteiger charge is 2.20. The summed E-state index contributed by atoms with van der Waals surface area (Å²) in [6, 6.07) is 1.16. The zero-order valence-corrected chi connectivity index (χ0v) is 10.4. The molecular formula is C13H23N3. The van der Waals surface area contributed by atoms with Gasteiger partial charge in [0.25, 0.3) is 0 Å². The van der Waals surface area contributed by atoms with E-state index in [4.69, 9.17) is 0 Å². The number of hydrogen-bond donors (Lipinski definition) is 1. The number of nitrogens with zero attached hydrogens (tertiary/aromatic N) is 2. The van der Waals surface area contributed by atoms with Gasteiger partial charge in [-0.25, -0.2) is 4.98 Å². The molecule has 90 valence electrons. The Morgan fingerprint density at radius 1 is 1.38 bits per heavy atom. The lowest BCUT2D eigenvalue weighted by atomic mass is 9.81. The van der Waals surface area contributed by atoms with Crippen molar-refractivity contribution in [1.29, 1.82) is 0 Å². The van der Waals surface area contributed by atoms with Gasteiger partial charge >= 0.3 is 0 Å². The minimum absolute atomic E-state index is 0.518. The number of hydrogen-bond acceptors (Lipinski definition) is 2. The Morgan fingerprint density at radius 2 is 2.19 bits per heavy atom. The number of aromatic nitrogens is 2. The van der Waals surface area contributed by atoms with E-state index in [1.165, 1.54) is 25.7 Å². The third kappa shape index (κ3) is 3.34. The fourth-order valence-electron chi connectivity index (χ4n) is 2.55. The standard InChI is InChI=1S/C13H23N3/c1-11(8-13-4-3-5-13)15-12(2)9-16-7-6-14-10-16/h6-7,10-13,15H,3-5,8-9H2,1-2H3. The molecule has 1 aliphatic rings. The summed E-state index contributed by atoms with van der Waals surface area (Å²) in [5.41, 5.74) is 0. The van der Waals surface area contributed by atoms with Crippen LogP contribution in [0.5, 0.6) is 0 Å². The van der Waals surface area contributed by atoms with E-state index < -0.39 is 0 Å². The maximum atomic E-state index is 4.06. The third-order valence-electron chi connectivity index (χ3n) is 3.52. The van der Waals surface area contributed by atoms with Crippen molar-refractivity contribution in [2.75, 3.05) is 0 Å². The zero-order valence-electron chi connectivity index (χ0n) is 10.4. The molecule has 1 heterocycles. The first-order valence-electron chi connectivity index (χ1n) is 6.46. The fourth-order valence-corrected chi connectivity index (χ4v) is 2.55. The molecule has 0 saturated heterocycles. The maximum absolute atomic E-state index is 4.06. The van der Waals surface area contributed by atoms with Crippen molar-refractivity contribution < 1.29 is 0 Å². The van der Waals surface area contributed by atoms with Crippen LogP contribution in [0, 0.1) is 5.92 Å². The molecule has 1 aromatic heterocycles. The van der Waals surface area contributed by atoms with E-state index in [1.54, 1.807) is 0 Å². The Hall–Kier alpha value is -0.830. The van der Waals surface area contributed by atoms with Gasteiger partial charge in [0, 0.05) is 31.0 Å². The summed E-state index contributed by atoms with van der Waals surface area (Å²) in [6.45, 7) is 5.56. The lowest BCUT2D eigenvalue weighted by Gasteiger charge is -2.30. The smallest absolute Gasteiger partial charge is 0.0946 e. The molecule has 3 nitrogen and oxygen atoms in total. The van der Waals surface area contributed by atoms with Crippen molar-refractivity contribution in [3.05, 3.63) is 18.7 Å². The molecule has 2 rings (SSSR count). The van der Waals surface area contributed by atoms with Gasteiger partial charge in [0.15, 0.2) is 0 Å². The maximum Gasteiger partial charge on any atom is 0.0946 e. The molecule has 0 spiro atoms. The highest BCUT2D eigenvalue weighted by atomic mass is 15.1. The highest BCUT2D eigenvalue weighted by Crippen LogP contribution is 2.30. The number of imidazole rings is 1. The summed E-state index contributed by atoms with van der Waals surface area (Å²) >= 11 is 0. The van der Waals surface area contributed by atoms with Gasteiger partial charge in [-0.2, -0.15) is 0 Å². The quantitative estimate of drug-likeness (QED) is 0.799. The van der Waals surface area contributed by atoms with E-state index in [2.05, 4.69) is 28.7 Å². The van der Waals surface area contributed by atoms with Gasteiger partial charge in [-0.1, -0.05) is 19.3 Å².